The second-order valence-electron chi connectivity index (χ2n) is 3.52. The normalized spacial score (nSPS) is 11.5. The molecule has 4 nitrogen and oxygen atoms in total. The monoisotopic (exact) mass is 309 g/mol. The van der Waals surface area contributed by atoms with Crippen LogP contribution in [-0.4, -0.2) is 47.2 Å². The molecule has 1 atom stereocenters. The van der Waals surface area contributed by atoms with E-state index < -0.39 is 0 Å². The number of carbonyl (C=O) groups is 1. The number of hydrogen-bond donors (Lipinski definition) is 1. The minimum Gasteiger partial charge on any atom is -0.461 e. The van der Waals surface area contributed by atoms with Gasteiger partial charge in [-0.2, -0.15) is 0 Å². The number of aliphatic hydroxyl groups is 1. The van der Waals surface area contributed by atoms with Crippen LogP contribution < -0.4 is 0 Å². The van der Waals surface area contributed by atoms with Crippen LogP contribution in [0.5, 0.6) is 0 Å². The molecule has 0 radical (unpaired) electrons. The van der Waals surface area contributed by atoms with Gasteiger partial charge in [0, 0.05) is 12.1 Å². The Hall–Kier alpha value is -0.390. The van der Waals surface area contributed by atoms with E-state index in [-0.39, 0.29) is 11.0 Å². The number of halogens is 1. The molecule has 0 saturated heterocycles. The summed E-state index contributed by atoms with van der Waals surface area (Å²) >= 11 is 2.83. The molecular weight excluding hydrogens is 286 g/mol. The first-order chi connectivity index (χ1) is 7.84. The summed E-state index contributed by atoms with van der Waals surface area (Å²) in [5, 5.41) is 7.62. The number of hydrogen-bond acceptors (Lipinski definition) is 4. The molecule has 1 N–H and O–H groups in total. The van der Waals surface area contributed by atoms with Gasteiger partial charge in [-0.15, -0.1) is 0 Å². The van der Waals surface area contributed by atoms with Crippen molar-refractivity contribution in [3.05, 3.63) is 12.2 Å². The first kappa shape index (κ1) is 19.0. The largest absolute Gasteiger partial charge is 0.461 e. The Morgan fingerprint density at radius 3 is 2.18 bits per heavy atom. The van der Waals surface area contributed by atoms with Crippen LogP contribution in [0.3, 0.4) is 0 Å². The summed E-state index contributed by atoms with van der Waals surface area (Å²) < 4.78 is 4.96. The Balaban J connectivity index is 0. The van der Waals surface area contributed by atoms with Crippen molar-refractivity contribution in [1.82, 2.24) is 4.90 Å². The third-order valence-electron chi connectivity index (χ3n) is 1.88. The number of esters is 1. The minimum absolute atomic E-state index is 0.299. The fourth-order valence-electron chi connectivity index (χ4n) is 0.930. The van der Waals surface area contributed by atoms with Crippen molar-refractivity contribution in [2.45, 2.75) is 32.7 Å². The Morgan fingerprint density at radius 2 is 1.88 bits per heavy atom. The zero-order valence-electron chi connectivity index (χ0n) is 11.2. The lowest BCUT2D eigenvalue weighted by Gasteiger charge is -2.17. The molecule has 0 aliphatic heterocycles. The molecule has 17 heavy (non-hydrogen) atoms. The van der Waals surface area contributed by atoms with E-state index in [1.807, 2.05) is 0 Å². The zero-order valence-corrected chi connectivity index (χ0v) is 12.8. The first-order valence-electron chi connectivity index (χ1n) is 5.72. The van der Waals surface area contributed by atoms with E-state index in [9.17, 15) is 4.79 Å². The number of alkyl halides is 1. The van der Waals surface area contributed by atoms with Crippen LogP contribution in [0, 0.1) is 0 Å². The van der Waals surface area contributed by atoms with Crippen molar-refractivity contribution < 1.29 is 14.6 Å². The van der Waals surface area contributed by atoms with Crippen molar-refractivity contribution in [3.8, 4) is 0 Å². The average molecular weight is 310 g/mol. The number of ether oxygens (including phenoxy) is 1. The highest BCUT2D eigenvalue weighted by molar-refractivity contribution is 9.09. The summed E-state index contributed by atoms with van der Waals surface area (Å²) in [5.41, 5.74) is 0.458. The molecule has 0 aromatic heterocycles. The molecule has 0 rings (SSSR count). The SMILES string of the molecule is C=C(C)C(=O)OCCN(CC)CC.CC(O)Br. The Morgan fingerprint density at radius 1 is 1.47 bits per heavy atom. The van der Waals surface area contributed by atoms with E-state index in [4.69, 9.17) is 9.84 Å². The second-order valence-corrected chi connectivity index (χ2v) is 4.84. The Kier molecular flexibility index (Phi) is 13.5. The molecule has 0 aromatic carbocycles. The summed E-state index contributed by atoms with van der Waals surface area (Å²) in [6, 6.07) is 0. The Labute approximate surface area is 113 Å². The summed E-state index contributed by atoms with van der Waals surface area (Å²) in [7, 11) is 0. The zero-order chi connectivity index (χ0) is 13.8. The maximum Gasteiger partial charge on any atom is 0.333 e. The van der Waals surface area contributed by atoms with Crippen LogP contribution in [0.25, 0.3) is 0 Å². The molecule has 5 heteroatoms. The van der Waals surface area contributed by atoms with Gasteiger partial charge in [-0.1, -0.05) is 36.4 Å². The standard InChI is InChI=1S/C10H19NO2.C2H5BrO/c1-5-11(6-2)7-8-13-10(12)9(3)4;1-2(3)4/h3,5-8H2,1-2,4H3;2,4H,1H3. The van der Waals surface area contributed by atoms with Crippen molar-refractivity contribution in [1.29, 1.82) is 0 Å². The maximum absolute atomic E-state index is 11.0. The van der Waals surface area contributed by atoms with Gasteiger partial charge in [0.2, 0.25) is 0 Å². The lowest BCUT2D eigenvalue weighted by atomic mass is 10.4. The molecule has 0 aliphatic carbocycles. The van der Waals surface area contributed by atoms with Gasteiger partial charge in [-0.3, -0.25) is 0 Å². The van der Waals surface area contributed by atoms with Crippen molar-refractivity contribution >= 4 is 21.9 Å². The highest BCUT2D eigenvalue weighted by atomic mass is 79.9. The maximum atomic E-state index is 11.0. The molecule has 1 unspecified atom stereocenters. The van der Waals surface area contributed by atoms with Gasteiger partial charge in [0.05, 0.1) is 0 Å². The molecule has 102 valence electrons. The van der Waals surface area contributed by atoms with Crippen LogP contribution in [0.2, 0.25) is 0 Å². The van der Waals surface area contributed by atoms with Gasteiger partial charge in [-0.25, -0.2) is 4.79 Å². The smallest absolute Gasteiger partial charge is 0.333 e. The summed E-state index contributed by atoms with van der Waals surface area (Å²) in [4.78, 5) is 13.2. The van der Waals surface area contributed by atoms with E-state index >= 15 is 0 Å². The molecule has 0 saturated carbocycles. The predicted molar refractivity (Wildman–Crippen MR) is 74.2 cm³/mol. The van der Waals surface area contributed by atoms with Crippen LogP contribution in [-0.2, 0) is 9.53 Å². The van der Waals surface area contributed by atoms with Gasteiger partial charge in [0.1, 0.15) is 11.6 Å². The van der Waals surface area contributed by atoms with Crippen LogP contribution in [0.4, 0.5) is 0 Å². The molecule has 0 heterocycles. The lowest BCUT2D eigenvalue weighted by molar-refractivity contribution is -0.139. The van der Waals surface area contributed by atoms with E-state index in [0.29, 0.717) is 12.2 Å². The quantitative estimate of drug-likeness (QED) is 0.464. The molecule has 0 aliphatic rings. The Bertz CT molecular complexity index is 213. The van der Waals surface area contributed by atoms with Gasteiger partial charge >= 0.3 is 5.97 Å². The van der Waals surface area contributed by atoms with Crippen molar-refractivity contribution in [3.63, 3.8) is 0 Å². The lowest BCUT2D eigenvalue weighted by Crippen LogP contribution is -2.27. The van der Waals surface area contributed by atoms with Crippen LogP contribution in [0.1, 0.15) is 27.7 Å². The van der Waals surface area contributed by atoms with Crippen LogP contribution in [0.15, 0.2) is 12.2 Å². The predicted octanol–water partition coefficient (Wildman–Crippen LogP) is 2.17. The molecule has 0 spiro atoms. The number of rotatable bonds is 6. The summed E-state index contributed by atoms with van der Waals surface area (Å²) in [6.07, 6.45) is 0. The topological polar surface area (TPSA) is 49.8 Å². The summed E-state index contributed by atoms with van der Waals surface area (Å²) in [6.45, 7) is 14.2. The highest BCUT2D eigenvalue weighted by Crippen LogP contribution is 1.93. The molecule has 0 bridgehead atoms. The molecule has 0 amide bonds. The minimum atomic E-state index is -0.354. The van der Waals surface area contributed by atoms with Gasteiger partial charge < -0.3 is 14.7 Å². The summed E-state index contributed by atoms with van der Waals surface area (Å²) in [5.74, 6) is -0.299. The van der Waals surface area contributed by atoms with E-state index in [0.717, 1.165) is 19.6 Å². The second kappa shape index (κ2) is 12.1. The van der Waals surface area contributed by atoms with E-state index in [1.165, 1.54) is 0 Å². The number of likely N-dealkylation sites (N-methyl/N-ethyl adjacent to an activating group) is 1. The van der Waals surface area contributed by atoms with Gasteiger partial charge in [0.25, 0.3) is 0 Å². The molecular formula is C12H24BrNO3. The van der Waals surface area contributed by atoms with Crippen molar-refractivity contribution in [2.75, 3.05) is 26.2 Å². The van der Waals surface area contributed by atoms with E-state index in [2.05, 4.69) is 41.3 Å². The molecule has 0 aromatic rings. The highest BCUT2D eigenvalue weighted by Gasteiger charge is 2.04. The fourth-order valence-corrected chi connectivity index (χ4v) is 0.930. The van der Waals surface area contributed by atoms with Crippen molar-refractivity contribution in [2.24, 2.45) is 0 Å². The molecule has 0 fully saturated rings. The van der Waals surface area contributed by atoms with E-state index in [1.54, 1.807) is 13.8 Å². The third-order valence-corrected chi connectivity index (χ3v) is 1.88. The fraction of sp³-hybridized carbons (Fsp3) is 0.750. The first-order valence-corrected chi connectivity index (χ1v) is 6.63. The van der Waals surface area contributed by atoms with Gasteiger partial charge in [-0.05, 0) is 26.9 Å². The average Bonchev–Trinajstić information content (AvgIpc) is 2.23. The van der Waals surface area contributed by atoms with Crippen LogP contribution >= 0.6 is 15.9 Å². The number of nitrogens with zero attached hydrogens (tertiary/aromatic N) is 1. The van der Waals surface area contributed by atoms with Gasteiger partial charge in [0.15, 0.2) is 0 Å². The number of aliphatic hydroxyl groups excluding tert-OH is 1. The number of carbonyl (C=O) groups excluding carboxylic acids is 1. The third kappa shape index (κ3) is 15.6.